The average Bonchev–Trinajstić information content (AvgIpc) is 2.65. The van der Waals surface area contributed by atoms with E-state index in [9.17, 15) is 4.79 Å². The molecule has 2 aromatic rings. The predicted octanol–water partition coefficient (Wildman–Crippen LogP) is 2.21. The third-order valence-corrected chi connectivity index (χ3v) is 4.27. The Morgan fingerprint density at radius 1 is 1.17 bits per heavy atom. The Hall–Kier alpha value is -2.53. The predicted molar refractivity (Wildman–Crippen MR) is 92.3 cm³/mol. The van der Waals surface area contributed by atoms with Gasteiger partial charge in [-0.1, -0.05) is 30.3 Å². The zero-order chi connectivity index (χ0) is 16.9. The summed E-state index contributed by atoms with van der Waals surface area (Å²) >= 11 is 0. The van der Waals surface area contributed by atoms with E-state index in [4.69, 9.17) is 9.47 Å². The van der Waals surface area contributed by atoms with Gasteiger partial charge in [0, 0.05) is 13.1 Å². The van der Waals surface area contributed by atoms with E-state index in [0.717, 1.165) is 29.7 Å². The van der Waals surface area contributed by atoms with E-state index in [2.05, 4.69) is 10.6 Å². The molecule has 5 heteroatoms. The maximum atomic E-state index is 12.6. The summed E-state index contributed by atoms with van der Waals surface area (Å²) < 4.78 is 10.7. The molecule has 3 rings (SSSR count). The lowest BCUT2D eigenvalue weighted by atomic mass is 9.93. The van der Waals surface area contributed by atoms with Crippen LogP contribution in [0, 0.1) is 0 Å². The molecule has 0 radical (unpaired) electrons. The molecule has 1 unspecified atom stereocenters. The van der Waals surface area contributed by atoms with Crippen LogP contribution in [0.1, 0.15) is 22.7 Å². The van der Waals surface area contributed by atoms with Gasteiger partial charge < -0.3 is 20.1 Å². The highest BCUT2D eigenvalue weighted by Crippen LogP contribution is 2.35. The van der Waals surface area contributed by atoms with Gasteiger partial charge in [-0.2, -0.15) is 0 Å². The Morgan fingerprint density at radius 2 is 1.88 bits per heavy atom. The highest BCUT2D eigenvalue weighted by atomic mass is 16.5. The Morgan fingerprint density at radius 3 is 2.58 bits per heavy atom. The molecule has 0 fully saturated rings. The van der Waals surface area contributed by atoms with Crippen molar-refractivity contribution in [3.05, 3.63) is 59.2 Å². The van der Waals surface area contributed by atoms with Gasteiger partial charge >= 0.3 is 0 Å². The lowest BCUT2D eigenvalue weighted by molar-refractivity contribution is -0.123. The van der Waals surface area contributed by atoms with Crippen LogP contribution in [0.15, 0.2) is 42.5 Å². The van der Waals surface area contributed by atoms with Crippen molar-refractivity contribution in [2.24, 2.45) is 0 Å². The van der Waals surface area contributed by atoms with Crippen molar-refractivity contribution in [2.75, 3.05) is 20.8 Å². The van der Waals surface area contributed by atoms with Gasteiger partial charge in [0.15, 0.2) is 11.5 Å². The van der Waals surface area contributed by atoms with Crippen LogP contribution in [0.3, 0.4) is 0 Å². The second-order valence-corrected chi connectivity index (χ2v) is 5.75. The first-order valence-corrected chi connectivity index (χ1v) is 8.02. The number of carbonyl (C=O) groups is 1. The maximum Gasteiger partial charge on any atom is 0.242 e. The van der Waals surface area contributed by atoms with E-state index >= 15 is 0 Å². The Kier molecular flexibility index (Phi) is 5.01. The number of nitrogens with one attached hydrogen (secondary N) is 2. The van der Waals surface area contributed by atoms with Gasteiger partial charge in [-0.05, 0) is 35.2 Å². The van der Waals surface area contributed by atoms with E-state index in [1.54, 1.807) is 14.2 Å². The van der Waals surface area contributed by atoms with Gasteiger partial charge in [0.1, 0.15) is 6.04 Å². The number of amides is 1. The summed E-state index contributed by atoms with van der Waals surface area (Å²) in [6, 6.07) is 13.4. The van der Waals surface area contributed by atoms with Crippen LogP contribution in [0.5, 0.6) is 11.5 Å². The van der Waals surface area contributed by atoms with Crippen LogP contribution < -0.4 is 20.1 Å². The van der Waals surface area contributed by atoms with Crippen molar-refractivity contribution in [1.82, 2.24) is 10.6 Å². The number of ether oxygens (including phenoxy) is 2. The SMILES string of the molecule is COc1cc2c(cc1OC)C(C(=O)NCc1ccccc1)NCC2. The zero-order valence-corrected chi connectivity index (χ0v) is 14.0. The minimum atomic E-state index is -0.378. The Labute approximate surface area is 142 Å². The highest BCUT2D eigenvalue weighted by Gasteiger charge is 2.27. The standard InChI is InChI=1S/C19H22N2O3/c1-23-16-10-14-8-9-20-18(15(14)11-17(16)24-2)19(22)21-12-13-6-4-3-5-7-13/h3-7,10-11,18,20H,8-9,12H2,1-2H3,(H,21,22). The molecule has 0 saturated heterocycles. The van der Waals surface area contributed by atoms with Crippen LogP contribution in [0.25, 0.3) is 0 Å². The second-order valence-electron chi connectivity index (χ2n) is 5.75. The minimum Gasteiger partial charge on any atom is -0.493 e. The fourth-order valence-corrected chi connectivity index (χ4v) is 3.00. The van der Waals surface area contributed by atoms with E-state index in [1.807, 2.05) is 42.5 Å². The summed E-state index contributed by atoms with van der Waals surface area (Å²) in [5.41, 5.74) is 3.14. The summed E-state index contributed by atoms with van der Waals surface area (Å²) in [6.45, 7) is 1.27. The van der Waals surface area contributed by atoms with Gasteiger partial charge in [0.2, 0.25) is 5.91 Å². The fourth-order valence-electron chi connectivity index (χ4n) is 3.00. The first-order valence-electron chi connectivity index (χ1n) is 8.02. The lowest BCUT2D eigenvalue weighted by Crippen LogP contribution is -2.41. The molecule has 0 aliphatic carbocycles. The van der Waals surface area contributed by atoms with Crippen LogP contribution in [0.2, 0.25) is 0 Å². The molecule has 5 nitrogen and oxygen atoms in total. The third-order valence-electron chi connectivity index (χ3n) is 4.27. The van der Waals surface area contributed by atoms with E-state index in [0.29, 0.717) is 18.0 Å². The molecule has 1 aliphatic heterocycles. The second kappa shape index (κ2) is 7.36. The maximum absolute atomic E-state index is 12.6. The van der Waals surface area contributed by atoms with E-state index < -0.39 is 0 Å². The van der Waals surface area contributed by atoms with Crippen molar-refractivity contribution in [3.63, 3.8) is 0 Å². The Bertz CT molecular complexity index is 716. The van der Waals surface area contributed by atoms with Crippen LogP contribution >= 0.6 is 0 Å². The number of rotatable bonds is 5. The first-order chi connectivity index (χ1) is 11.7. The highest BCUT2D eigenvalue weighted by molar-refractivity contribution is 5.84. The van der Waals surface area contributed by atoms with Gasteiger partial charge in [-0.15, -0.1) is 0 Å². The summed E-state index contributed by atoms with van der Waals surface area (Å²) in [7, 11) is 3.22. The summed E-state index contributed by atoms with van der Waals surface area (Å²) in [6.07, 6.45) is 0.859. The third kappa shape index (κ3) is 3.36. The van der Waals surface area contributed by atoms with Crippen molar-refractivity contribution in [2.45, 2.75) is 19.0 Å². The number of hydrogen-bond acceptors (Lipinski definition) is 4. The number of fused-ring (bicyclic) bond motifs is 1. The molecule has 0 spiro atoms. The van der Waals surface area contributed by atoms with Gasteiger partial charge in [-0.25, -0.2) is 0 Å². The fraction of sp³-hybridized carbons (Fsp3) is 0.316. The quantitative estimate of drug-likeness (QED) is 0.884. The monoisotopic (exact) mass is 326 g/mol. The normalized spacial score (nSPS) is 16.2. The number of hydrogen-bond donors (Lipinski definition) is 2. The molecule has 24 heavy (non-hydrogen) atoms. The molecule has 1 heterocycles. The molecule has 0 bridgehead atoms. The molecule has 2 N–H and O–H groups in total. The summed E-state index contributed by atoms with van der Waals surface area (Å²) in [4.78, 5) is 12.6. The van der Waals surface area contributed by atoms with Crippen molar-refractivity contribution in [3.8, 4) is 11.5 Å². The van der Waals surface area contributed by atoms with Crippen molar-refractivity contribution in [1.29, 1.82) is 0 Å². The molecule has 0 saturated carbocycles. The summed E-state index contributed by atoms with van der Waals surface area (Å²) in [5, 5.41) is 6.29. The molecule has 1 atom stereocenters. The first kappa shape index (κ1) is 16.3. The molecule has 2 aromatic carbocycles. The van der Waals surface area contributed by atoms with Crippen molar-refractivity contribution < 1.29 is 14.3 Å². The van der Waals surface area contributed by atoms with E-state index in [1.165, 1.54) is 0 Å². The van der Waals surface area contributed by atoms with Crippen molar-refractivity contribution >= 4 is 5.91 Å². The van der Waals surface area contributed by atoms with Crippen LogP contribution in [-0.2, 0) is 17.8 Å². The molecule has 0 aromatic heterocycles. The van der Waals surface area contributed by atoms with E-state index in [-0.39, 0.29) is 11.9 Å². The smallest absolute Gasteiger partial charge is 0.242 e. The average molecular weight is 326 g/mol. The summed E-state index contributed by atoms with van der Waals surface area (Å²) in [5.74, 6) is 1.30. The molecular formula is C19H22N2O3. The van der Waals surface area contributed by atoms with Crippen LogP contribution in [0.4, 0.5) is 0 Å². The largest absolute Gasteiger partial charge is 0.493 e. The van der Waals surface area contributed by atoms with Gasteiger partial charge in [-0.3, -0.25) is 4.79 Å². The number of carbonyl (C=O) groups excluding carboxylic acids is 1. The zero-order valence-electron chi connectivity index (χ0n) is 14.0. The van der Waals surface area contributed by atoms with Gasteiger partial charge in [0.25, 0.3) is 0 Å². The number of benzene rings is 2. The minimum absolute atomic E-state index is 0.0352. The molecule has 126 valence electrons. The lowest BCUT2D eigenvalue weighted by Gasteiger charge is -2.27. The number of methoxy groups -OCH3 is 2. The Balaban J connectivity index is 1.79. The topological polar surface area (TPSA) is 59.6 Å². The van der Waals surface area contributed by atoms with Crippen LogP contribution in [-0.4, -0.2) is 26.7 Å². The molecular weight excluding hydrogens is 304 g/mol. The van der Waals surface area contributed by atoms with Gasteiger partial charge in [0.05, 0.1) is 14.2 Å². The molecule has 1 aliphatic rings. The molecule has 1 amide bonds.